The van der Waals surface area contributed by atoms with Crippen molar-refractivity contribution in [3.05, 3.63) is 57.6 Å². The number of nitrogen functional groups attached to an aromatic ring is 1. The Balaban J connectivity index is 2.38. The summed E-state index contributed by atoms with van der Waals surface area (Å²) >= 11 is 11.8. The second kappa shape index (κ2) is 5.51. The molecule has 0 atom stereocenters. The number of ketones is 1. The Morgan fingerprint density at radius 2 is 1.74 bits per heavy atom. The van der Waals surface area contributed by atoms with E-state index in [0.717, 1.165) is 0 Å². The Kier molecular flexibility index (Phi) is 3.98. The van der Waals surface area contributed by atoms with Gasteiger partial charge in [-0.25, -0.2) is 0 Å². The third kappa shape index (κ3) is 2.83. The predicted octanol–water partition coefficient (Wildman–Crippen LogP) is 3.82. The first-order valence-electron chi connectivity index (χ1n) is 5.46. The number of anilines is 1. The van der Waals surface area contributed by atoms with Gasteiger partial charge in [-0.2, -0.15) is 0 Å². The molecule has 5 heteroatoms. The first kappa shape index (κ1) is 13.7. The summed E-state index contributed by atoms with van der Waals surface area (Å²) in [4.78, 5) is 12.3. The van der Waals surface area contributed by atoms with Crippen LogP contribution in [-0.2, 0) is 0 Å². The highest BCUT2D eigenvalue weighted by atomic mass is 35.5. The first-order valence-corrected chi connectivity index (χ1v) is 6.22. The molecule has 0 aromatic heterocycles. The highest BCUT2D eigenvalue weighted by Crippen LogP contribution is 2.30. The summed E-state index contributed by atoms with van der Waals surface area (Å²) in [6.45, 7) is 0. The quantitative estimate of drug-likeness (QED) is 0.692. The molecule has 2 aromatic rings. The number of benzene rings is 2. The van der Waals surface area contributed by atoms with Crippen LogP contribution in [0, 0.1) is 0 Å². The maximum absolute atomic E-state index is 12.3. The summed E-state index contributed by atoms with van der Waals surface area (Å²) < 4.78 is 5.04. The monoisotopic (exact) mass is 295 g/mol. The van der Waals surface area contributed by atoms with Gasteiger partial charge in [0.15, 0.2) is 5.78 Å². The van der Waals surface area contributed by atoms with Crippen LogP contribution in [0.5, 0.6) is 5.75 Å². The van der Waals surface area contributed by atoms with Crippen LogP contribution in [0.25, 0.3) is 0 Å². The minimum Gasteiger partial charge on any atom is -0.497 e. The summed E-state index contributed by atoms with van der Waals surface area (Å²) in [6, 6.07) is 9.82. The zero-order chi connectivity index (χ0) is 14.0. The highest BCUT2D eigenvalue weighted by molar-refractivity contribution is 6.44. The second-order valence-electron chi connectivity index (χ2n) is 3.92. The van der Waals surface area contributed by atoms with Crippen molar-refractivity contribution in [2.75, 3.05) is 12.8 Å². The van der Waals surface area contributed by atoms with E-state index in [9.17, 15) is 4.79 Å². The van der Waals surface area contributed by atoms with Crippen LogP contribution in [0.4, 0.5) is 5.69 Å². The van der Waals surface area contributed by atoms with Gasteiger partial charge in [-0.15, -0.1) is 0 Å². The molecule has 3 nitrogen and oxygen atoms in total. The SMILES string of the molecule is COc1ccc(C(=O)c2cc(N)c(Cl)c(Cl)c2)cc1. The molecule has 0 saturated carbocycles. The Morgan fingerprint density at radius 3 is 2.26 bits per heavy atom. The Labute approximate surface area is 120 Å². The topological polar surface area (TPSA) is 52.3 Å². The lowest BCUT2D eigenvalue weighted by Gasteiger charge is -2.06. The normalized spacial score (nSPS) is 10.3. The molecule has 0 aliphatic carbocycles. The van der Waals surface area contributed by atoms with E-state index in [1.54, 1.807) is 31.4 Å². The van der Waals surface area contributed by atoms with Gasteiger partial charge in [-0.3, -0.25) is 4.79 Å². The number of rotatable bonds is 3. The zero-order valence-electron chi connectivity index (χ0n) is 10.1. The van der Waals surface area contributed by atoms with Crippen LogP contribution in [0.2, 0.25) is 10.0 Å². The standard InChI is InChI=1S/C14H11Cl2NO2/c1-19-10-4-2-8(3-5-10)14(18)9-6-11(15)13(16)12(17)7-9/h2-7H,17H2,1H3. The smallest absolute Gasteiger partial charge is 0.193 e. The number of methoxy groups -OCH3 is 1. The Morgan fingerprint density at radius 1 is 1.11 bits per heavy atom. The first-order chi connectivity index (χ1) is 9.02. The van der Waals surface area contributed by atoms with E-state index in [-0.39, 0.29) is 21.5 Å². The van der Waals surface area contributed by atoms with Gasteiger partial charge in [0.25, 0.3) is 0 Å². The summed E-state index contributed by atoms with van der Waals surface area (Å²) in [5.41, 5.74) is 6.90. The average Bonchev–Trinajstić information content (AvgIpc) is 2.43. The van der Waals surface area contributed by atoms with Gasteiger partial charge in [-0.05, 0) is 36.4 Å². The van der Waals surface area contributed by atoms with Crippen molar-refractivity contribution in [3.63, 3.8) is 0 Å². The van der Waals surface area contributed by atoms with Gasteiger partial charge in [0.05, 0.1) is 22.8 Å². The average molecular weight is 296 g/mol. The fourth-order valence-corrected chi connectivity index (χ4v) is 1.99. The van der Waals surface area contributed by atoms with Crippen molar-refractivity contribution in [2.24, 2.45) is 0 Å². The van der Waals surface area contributed by atoms with Crippen molar-refractivity contribution >= 4 is 34.7 Å². The molecule has 0 heterocycles. The van der Waals surface area contributed by atoms with E-state index in [1.165, 1.54) is 12.1 Å². The lowest BCUT2D eigenvalue weighted by atomic mass is 10.0. The summed E-state index contributed by atoms with van der Waals surface area (Å²) in [6.07, 6.45) is 0. The molecule has 0 amide bonds. The van der Waals surface area contributed by atoms with Crippen LogP contribution in [0.15, 0.2) is 36.4 Å². The highest BCUT2D eigenvalue weighted by Gasteiger charge is 2.13. The predicted molar refractivity (Wildman–Crippen MR) is 77.3 cm³/mol. The molecule has 0 spiro atoms. The zero-order valence-corrected chi connectivity index (χ0v) is 11.6. The van der Waals surface area contributed by atoms with Crippen molar-refractivity contribution in [2.45, 2.75) is 0 Å². The van der Waals surface area contributed by atoms with E-state index in [0.29, 0.717) is 16.9 Å². The molecule has 0 radical (unpaired) electrons. The minimum absolute atomic E-state index is 0.173. The number of carbonyl (C=O) groups excluding carboxylic acids is 1. The van der Waals surface area contributed by atoms with Gasteiger partial charge >= 0.3 is 0 Å². The molecule has 0 aliphatic rings. The third-order valence-corrected chi connectivity index (χ3v) is 3.49. The van der Waals surface area contributed by atoms with Crippen LogP contribution >= 0.6 is 23.2 Å². The van der Waals surface area contributed by atoms with Crippen LogP contribution in [0.3, 0.4) is 0 Å². The van der Waals surface area contributed by atoms with E-state index in [4.69, 9.17) is 33.7 Å². The van der Waals surface area contributed by atoms with Crippen molar-refractivity contribution in [3.8, 4) is 5.75 Å². The summed E-state index contributed by atoms with van der Waals surface area (Å²) in [5, 5.41) is 0.520. The van der Waals surface area contributed by atoms with Crippen molar-refractivity contribution in [1.29, 1.82) is 0 Å². The van der Waals surface area contributed by atoms with Gasteiger partial charge in [0, 0.05) is 11.1 Å². The maximum atomic E-state index is 12.3. The maximum Gasteiger partial charge on any atom is 0.193 e. The second-order valence-corrected chi connectivity index (χ2v) is 4.70. The van der Waals surface area contributed by atoms with Crippen LogP contribution in [-0.4, -0.2) is 12.9 Å². The van der Waals surface area contributed by atoms with Crippen LogP contribution in [0.1, 0.15) is 15.9 Å². The minimum atomic E-state index is -0.173. The summed E-state index contributed by atoms with van der Waals surface area (Å²) in [5.74, 6) is 0.512. The number of hydrogen-bond acceptors (Lipinski definition) is 3. The molecule has 19 heavy (non-hydrogen) atoms. The molecule has 2 N–H and O–H groups in total. The number of ether oxygens (including phenoxy) is 1. The third-order valence-electron chi connectivity index (χ3n) is 2.67. The number of hydrogen-bond donors (Lipinski definition) is 1. The molecule has 98 valence electrons. The largest absolute Gasteiger partial charge is 0.497 e. The molecule has 0 bridgehead atoms. The van der Waals surface area contributed by atoms with Crippen molar-refractivity contribution < 1.29 is 9.53 Å². The fraction of sp³-hybridized carbons (Fsp3) is 0.0714. The van der Waals surface area contributed by atoms with Gasteiger partial charge in [0.2, 0.25) is 0 Å². The fourth-order valence-electron chi connectivity index (χ4n) is 1.65. The molecule has 2 aromatic carbocycles. The van der Waals surface area contributed by atoms with Gasteiger partial charge in [-0.1, -0.05) is 23.2 Å². The molecule has 0 saturated heterocycles. The molecular formula is C14H11Cl2NO2. The Bertz CT molecular complexity index is 601. The Hall–Kier alpha value is -1.71. The number of nitrogens with two attached hydrogens (primary N) is 1. The molecule has 0 unspecified atom stereocenters. The van der Waals surface area contributed by atoms with Crippen molar-refractivity contribution in [1.82, 2.24) is 0 Å². The summed E-state index contributed by atoms with van der Waals surface area (Å²) in [7, 11) is 1.57. The van der Waals surface area contributed by atoms with E-state index in [2.05, 4.69) is 0 Å². The lowest BCUT2D eigenvalue weighted by Crippen LogP contribution is -2.03. The number of halogens is 2. The molecule has 2 rings (SSSR count). The molecule has 0 aliphatic heterocycles. The van der Waals surface area contributed by atoms with E-state index in [1.807, 2.05) is 0 Å². The number of carbonyl (C=O) groups is 1. The molecule has 0 fully saturated rings. The van der Waals surface area contributed by atoms with Gasteiger partial charge < -0.3 is 10.5 Å². The van der Waals surface area contributed by atoms with E-state index < -0.39 is 0 Å². The molecular weight excluding hydrogens is 285 g/mol. The van der Waals surface area contributed by atoms with Crippen LogP contribution < -0.4 is 10.5 Å². The lowest BCUT2D eigenvalue weighted by molar-refractivity contribution is 0.103. The van der Waals surface area contributed by atoms with E-state index >= 15 is 0 Å². The van der Waals surface area contributed by atoms with Gasteiger partial charge in [0.1, 0.15) is 5.75 Å².